The van der Waals surface area contributed by atoms with E-state index in [9.17, 15) is 0 Å². The zero-order chi connectivity index (χ0) is 13.8. The maximum absolute atomic E-state index is 5.84. The van der Waals surface area contributed by atoms with Gasteiger partial charge in [-0.3, -0.25) is 11.3 Å². The fraction of sp³-hybridized carbons (Fsp3) is 0.647. The Morgan fingerprint density at radius 2 is 1.79 bits per heavy atom. The van der Waals surface area contributed by atoms with Gasteiger partial charge >= 0.3 is 0 Å². The molecule has 3 unspecified atom stereocenters. The fourth-order valence-electron chi connectivity index (χ4n) is 3.78. The molecule has 106 valence electrons. The van der Waals surface area contributed by atoms with Gasteiger partial charge in [0.2, 0.25) is 0 Å². The van der Waals surface area contributed by atoms with Gasteiger partial charge in [0, 0.05) is 6.04 Å². The molecule has 0 saturated heterocycles. The van der Waals surface area contributed by atoms with Crippen LogP contribution in [0.2, 0.25) is 0 Å². The largest absolute Gasteiger partial charge is 0.271 e. The van der Waals surface area contributed by atoms with Crippen LogP contribution in [0, 0.1) is 24.7 Å². The minimum Gasteiger partial charge on any atom is -0.271 e. The normalized spacial score (nSPS) is 29.2. The highest BCUT2D eigenvalue weighted by atomic mass is 15.2. The van der Waals surface area contributed by atoms with Crippen molar-refractivity contribution in [1.29, 1.82) is 0 Å². The number of benzene rings is 1. The molecule has 3 N–H and O–H groups in total. The summed E-state index contributed by atoms with van der Waals surface area (Å²) in [5.74, 6) is 8.22. The lowest BCUT2D eigenvalue weighted by Crippen LogP contribution is -2.45. The Morgan fingerprint density at radius 1 is 1.16 bits per heavy atom. The zero-order valence-corrected chi connectivity index (χ0v) is 12.5. The summed E-state index contributed by atoms with van der Waals surface area (Å²) in [4.78, 5) is 0. The van der Waals surface area contributed by atoms with Crippen molar-refractivity contribution in [1.82, 2.24) is 5.43 Å². The Bertz CT molecular complexity index is 392. The van der Waals surface area contributed by atoms with E-state index in [1.54, 1.807) is 0 Å². The number of aryl methyl sites for hydroxylation is 1. The van der Waals surface area contributed by atoms with Crippen LogP contribution in [0.3, 0.4) is 0 Å². The SMILES string of the molecule is Cc1ccccc1CC(NN)C1CC(C)CC(C)C1. The van der Waals surface area contributed by atoms with Crippen molar-refractivity contribution in [2.24, 2.45) is 23.6 Å². The summed E-state index contributed by atoms with van der Waals surface area (Å²) in [6, 6.07) is 9.06. The predicted molar refractivity (Wildman–Crippen MR) is 81.7 cm³/mol. The molecule has 2 rings (SSSR count). The standard InChI is InChI=1S/C17H28N2/c1-12-8-13(2)10-16(9-12)17(19-18)11-15-7-5-4-6-14(15)3/h4-7,12-13,16-17,19H,8-11,18H2,1-3H3. The fourth-order valence-corrected chi connectivity index (χ4v) is 3.78. The second-order valence-electron chi connectivity index (χ2n) is 6.58. The van der Waals surface area contributed by atoms with Crippen molar-refractivity contribution in [2.75, 3.05) is 0 Å². The zero-order valence-electron chi connectivity index (χ0n) is 12.5. The maximum Gasteiger partial charge on any atom is 0.0279 e. The van der Waals surface area contributed by atoms with Gasteiger partial charge in [-0.25, -0.2) is 0 Å². The average molecular weight is 260 g/mol. The molecule has 0 aliphatic heterocycles. The van der Waals surface area contributed by atoms with E-state index in [0.29, 0.717) is 12.0 Å². The van der Waals surface area contributed by atoms with Gasteiger partial charge < -0.3 is 0 Å². The average Bonchev–Trinajstić information content (AvgIpc) is 2.36. The molecule has 0 amide bonds. The molecule has 2 nitrogen and oxygen atoms in total. The molecule has 19 heavy (non-hydrogen) atoms. The Labute approximate surface area is 117 Å². The van der Waals surface area contributed by atoms with E-state index < -0.39 is 0 Å². The first-order valence-corrected chi connectivity index (χ1v) is 7.60. The van der Waals surface area contributed by atoms with Gasteiger partial charge in [0.05, 0.1) is 0 Å². The molecule has 3 atom stereocenters. The molecule has 0 heterocycles. The molecule has 0 bridgehead atoms. The second-order valence-corrected chi connectivity index (χ2v) is 6.58. The summed E-state index contributed by atoms with van der Waals surface area (Å²) in [6.07, 6.45) is 5.04. The molecular formula is C17H28N2. The molecule has 1 aliphatic carbocycles. The lowest BCUT2D eigenvalue weighted by atomic mass is 9.72. The minimum atomic E-state index is 0.409. The van der Waals surface area contributed by atoms with E-state index >= 15 is 0 Å². The van der Waals surface area contributed by atoms with Crippen LogP contribution in [0.15, 0.2) is 24.3 Å². The summed E-state index contributed by atoms with van der Waals surface area (Å²) < 4.78 is 0. The van der Waals surface area contributed by atoms with Crippen LogP contribution in [-0.4, -0.2) is 6.04 Å². The second kappa shape index (κ2) is 6.53. The summed E-state index contributed by atoms with van der Waals surface area (Å²) in [6.45, 7) is 6.95. The van der Waals surface area contributed by atoms with E-state index in [2.05, 4.69) is 50.5 Å². The van der Waals surface area contributed by atoms with Gasteiger partial charge in [-0.1, -0.05) is 38.1 Å². The third-order valence-corrected chi connectivity index (χ3v) is 4.70. The number of hydrazine groups is 1. The molecule has 1 saturated carbocycles. The Morgan fingerprint density at radius 3 is 2.37 bits per heavy atom. The summed E-state index contributed by atoms with van der Waals surface area (Å²) in [5.41, 5.74) is 5.89. The van der Waals surface area contributed by atoms with Gasteiger partial charge in [-0.2, -0.15) is 0 Å². The van der Waals surface area contributed by atoms with Crippen LogP contribution < -0.4 is 11.3 Å². The number of nitrogens with two attached hydrogens (primary N) is 1. The monoisotopic (exact) mass is 260 g/mol. The smallest absolute Gasteiger partial charge is 0.0279 e. The third kappa shape index (κ3) is 3.80. The maximum atomic E-state index is 5.84. The molecule has 1 fully saturated rings. The van der Waals surface area contributed by atoms with E-state index in [0.717, 1.165) is 18.3 Å². The van der Waals surface area contributed by atoms with E-state index in [-0.39, 0.29) is 0 Å². The Balaban J connectivity index is 2.05. The molecular weight excluding hydrogens is 232 g/mol. The molecule has 2 heteroatoms. The Hall–Kier alpha value is -0.860. The van der Waals surface area contributed by atoms with Crippen molar-refractivity contribution < 1.29 is 0 Å². The van der Waals surface area contributed by atoms with Crippen LogP contribution >= 0.6 is 0 Å². The number of nitrogens with one attached hydrogen (secondary N) is 1. The van der Waals surface area contributed by atoms with Crippen molar-refractivity contribution in [3.8, 4) is 0 Å². The predicted octanol–water partition coefficient (Wildman–Crippen LogP) is 3.44. The quantitative estimate of drug-likeness (QED) is 0.643. The van der Waals surface area contributed by atoms with Gasteiger partial charge in [0.25, 0.3) is 0 Å². The molecule has 0 radical (unpaired) electrons. The van der Waals surface area contributed by atoms with Gasteiger partial charge in [-0.15, -0.1) is 0 Å². The van der Waals surface area contributed by atoms with Crippen molar-refractivity contribution >= 4 is 0 Å². The summed E-state index contributed by atoms with van der Waals surface area (Å²) >= 11 is 0. The van der Waals surface area contributed by atoms with Crippen LogP contribution in [-0.2, 0) is 6.42 Å². The van der Waals surface area contributed by atoms with E-state index in [4.69, 9.17) is 5.84 Å². The highest BCUT2D eigenvalue weighted by Gasteiger charge is 2.29. The minimum absolute atomic E-state index is 0.409. The van der Waals surface area contributed by atoms with Crippen LogP contribution in [0.5, 0.6) is 0 Å². The lowest BCUT2D eigenvalue weighted by Gasteiger charge is -2.36. The first kappa shape index (κ1) is 14.5. The highest BCUT2D eigenvalue weighted by Crippen LogP contribution is 2.35. The van der Waals surface area contributed by atoms with Crippen LogP contribution in [0.25, 0.3) is 0 Å². The lowest BCUT2D eigenvalue weighted by molar-refractivity contribution is 0.175. The van der Waals surface area contributed by atoms with Crippen molar-refractivity contribution in [3.05, 3.63) is 35.4 Å². The van der Waals surface area contributed by atoms with Crippen LogP contribution in [0.1, 0.15) is 44.2 Å². The van der Waals surface area contributed by atoms with E-state index in [1.165, 1.54) is 30.4 Å². The van der Waals surface area contributed by atoms with Gasteiger partial charge in [0.15, 0.2) is 0 Å². The number of hydrogen-bond acceptors (Lipinski definition) is 2. The topological polar surface area (TPSA) is 38.0 Å². The highest BCUT2D eigenvalue weighted by molar-refractivity contribution is 5.26. The van der Waals surface area contributed by atoms with Crippen molar-refractivity contribution in [2.45, 2.75) is 52.5 Å². The first-order valence-electron chi connectivity index (χ1n) is 7.60. The van der Waals surface area contributed by atoms with Gasteiger partial charge in [0.1, 0.15) is 0 Å². The van der Waals surface area contributed by atoms with Crippen LogP contribution in [0.4, 0.5) is 0 Å². The summed E-state index contributed by atoms with van der Waals surface area (Å²) in [7, 11) is 0. The summed E-state index contributed by atoms with van der Waals surface area (Å²) in [5, 5.41) is 0. The van der Waals surface area contributed by atoms with E-state index in [1.807, 2.05) is 0 Å². The molecule has 1 aliphatic rings. The Kier molecular flexibility index (Phi) is 5.00. The van der Waals surface area contributed by atoms with Gasteiger partial charge in [-0.05, 0) is 61.5 Å². The molecule has 0 spiro atoms. The first-order chi connectivity index (χ1) is 9.10. The number of rotatable bonds is 4. The number of hydrogen-bond donors (Lipinski definition) is 2. The third-order valence-electron chi connectivity index (χ3n) is 4.70. The molecule has 1 aromatic carbocycles. The van der Waals surface area contributed by atoms with Crippen molar-refractivity contribution in [3.63, 3.8) is 0 Å². The molecule has 0 aromatic heterocycles. The molecule has 1 aromatic rings.